The fraction of sp³-hybridized carbons (Fsp3) is 0.375. The largest absolute Gasteiger partial charge is 0.447 e. The van der Waals surface area contributed by atoms with Gasteiger partial charge in [-0.2, -0.15) is 0 Å². The summed E-state index contributed by atoms with van der Waals surface area (Å²) in [5, 5.41) is 2.91. The van der Waals surface area contributed by atoms with Crippen LogP contribution >= 0.6 is 0 Å². The molecule has 4 rings (SSSR count). The maximum Gasteiger partial charge on any atom is 0.312 e. The summed E-state index contributed by atoms with van der Waals surface area (Å²) in [5.41, 5.74) is 1.65. The fourth-order valence-electron chi connectivity index (χ4n) is 3.79. The Morgan fingerprint density at radius 1 is 1.00 bits per heavy atom. The lowest BCUT2D eigenvalue weighted by atomic mass is 10.1. The van der Waals surface area contributed by atoms with Crippen LogP contribution in [0.15, 0.2) is 60.7 Å². The number of hydrogen-bond donors (Lipinski definition) is 1. The summed E-state index contributed by atoms with van der Waals surface area (Å²) in [6.45, 7) is 2.25. The molecule has 30 heavy (non-hydrogen) atoms. The average Bonchev–Trinajstić information content (AvgIpc) is 3.50. The number of nitrogens with zero attached hydrogens (tertiary/aromatic N) is 1. The number of likely N-dealkylation sites (tertiary alicyclic amines) is 1. The molecule has 0 spiro atoms. The molecule has 1 saturated carbocycles. The summed E-state index contributed by atoms with van der Waals surface area (Å²) < 4.78 is 5.66. The second kappa shape index (κ2) is 8.69. The second-order valence-electron chi connectivity index (χ2n) is 8.04. The molecule has 2 aromatic rings. The standard InChI is InChI=1S/C24H26N2O4/c1-16(17-8-4-2-5-9-17)26-15-19(14-21(26)27)24(29)30-22(18-10-6-3-7-11-18)23(28)25-20-12-13-20/h2-11,16,19-20,22H,12-15H2,1H3,(H,25,28)/t16-,19-,22+/m1/s1. The second-order valence-corrected chi connectivity index (χ2v) is 8.04. The summed E-state index contributed by atoms with van der Waals surface area (Å²) in [5.74, 6) is -1.47. The first-order valence-electron chi connectivity index (χ1n) is 10.4. The van der Waals surface area contributed by atoms with Crippen molar-refractivity contribution in [3.63, 3.8) is 0 Å². The normalized spacial score (nSPS) is 20.5. The van der Waals surface area contributed by atoms with Crippen LogP contribution in [0, 0.1) is 5.92 Å². The molecule has 0 aromatic heterocycles. The van der Waals surface area contributed by atoms with Crippen molar-refractivity contribution in [2.45, 2.75) is 44.4 Å². The molecule has 2 fully saturated rings. The smallest absolute Gasteiger partial charge is 0.312 e. The topological polar surface area (TPSA) is 75.7 Å². The Morgan fingerprint density at radius 3 is 2.20 bits per heavy atom. The van der Waals surface area contributed by atoms with Crippen LogP contribution in [-0.2, 0) is 19.1 Å². The van der Waals surface area contributed by atoms with Crippen LogP contribution in [0.1, 0.15) is 49.5 Å². The molecule has 2 aromatic carbocycles. The minimum atomic E-state index is -1.00. The molecule has 6 heteroatoms. The van der Waals surface area contributed by atoms with Crippen LogP contribution in [-0.4, -0.2) is 35.3 Å². The van der Waals surface area contributed by atoms with Gasteiger partial charge in [0.05, 0.1) is 12.0 Å². The van der Waals surface area contributed by atoms with Gasteiger partial charge in [0.25, 0.3) is 5.91 Å². The number of esters is 1. The summed E-state index contributed by atoms with van der Waals surface area (Å²) in [7, 11) is 0. The quantitative estimate of drug-likeness (QED) is 0.717. The number of benzene rings is 2. The van der Waals surface area contributed by atoms with Crippen molar-refractivity contribution in [1.82, 2.24) is 10.2 Å². The zero-order valence-electron chi connectivity index (χ0n) is 17.0. The average molecular weight is 406 g/mol. The van der Waals surface area contributed by atoms with Gasteiger partial charge in [-0.1, -0.05) is 60.7 Å². The van der Waals surface area contributed by atoms with Crippen LogP contribution in [0.25, 0.3) is 0 Å². The zero-order chi connectivity index (χ0) is 21.1. The van der Waals surface area contributed by atoms with Crippen LogP contribution in [0.5, 0.6) is 0 Å². The molecule has 2 aliphatic rings. The van der Waals surface area contributed by atoms with E-state index in [1.54, 1.807) is 17.0 Å². The molecule has 0 radical (unpaired) electrons. The summed E-state index contributed by atoms with van der Waals surface area (Å²) in [6, 6.07) is 18.8. The highest BCUT2D eigenvalue weighted by molar-refractivity contribution is 5.89. The van der Waals surface area contributed by atoms with Gasteiger partial charge in [-0.15, -0.1) is 0 Å². The van der Waals surface area contributed by atoms with Crippen molar-refractivity contribution in [3.05, 3.63) is 71.8 Å². The van der Waals surface area contributed by atoms with Crippen LogP contribution in [0.4, 0.5) is 0 Å². The van der Waals surface area contributed by atoms with Crippen molar-refractivity contribution in [1.29, 1.82) is 0 Å². The molecule has 1 aliphatic heterocycles. The maximum absolute atomic E-state index is 12.9. The molecule has 1 aliphatic carbocycles. The van der Waals surface area contributed by atoms with E-state index in [0.29, 0.717) is 12.1 Å². The lowest BCUT2D eigenvalue weighted by molar-refractivity contribution is -0.160. The molecule has 0 unspecified atom stereocenters. The number of carbonyl (C=O) groups excluding carboxylic acids is 3. The van der Waals surface area contributed by atoms with Crippen molar-refractivity contribution < 1.29 is 19.1 Å². The highest BCUT2D eigenvalue weighted by Gasteiger charge is 2.40. The van der Waals surface area contributed by atoms with Gasteiger partial charge < -0.3 is 15.0 Å². The molecule has 1 heterocycles. The zero-order valence-corrected chi connectivity index (χ0v) is 17.0. The third-order valence-corrected chi connectivity index (χ3v) is 5.74. The number of carbonyl (C=O) groups is 3. The number of nitrogens with one attached hydrogen (secondary N) is 1. The predicted octanol–water partition coefficient (Wildman–Crippen LogP) is 3.16. The Balaban J connectivity index is 1.45. The van der Waals surface area contributed by atoms with Crippen molar-refractivity contribution in [2.24, 2.45) is 5.92 Å². The lowest BCUT2D eigenvalue weighted by Crippen LogP contribution is -2.35. The first-order valence-corrected chi connectivity index (χ1v) is 10.4. The van der Waals surface area contributed by atoms with E-state index in [4.69, 9.17) is 4.74 Å². The van der Waals surface area contributed by atoms with E-state index in [9.17, 15) is 14.4 Å². The van der Waals surface area contributed by atoms with E-state index in [0.717, 1.165) is 18.4 Å². The van der Waals surface area contributed by atoms with Gasteiger partial charge >= 0.3 is 5.97 Å². The van der Waals surface area contributed by atoms with E-state index in [2.05, 4.69) is 5.32 Å². The van der Waals surface area contributed by atoms with E-state index >= 15 is 0 Å². The minimum Gasteiger partial charge on any atom is -0.447 e. The Labute approximate surface area is 176 Å². The molecular formula is C24H26N2O4. The third kappa shape index (κ3) is 4.53. The Bertz CT molecular complexity index is 911. The Morgan fingerprint density at radius 2 is 1.60 bits per heavy atom. The van der Waals surface area contributed by atoms with Gasteiger partial charge in [0.15, 0.2) is 0 Å². The van der Waals surface area contributed by atoms with Gasteiger partial charge in [-0.3, -0.25) is 14.4 Å². The number of rotatable bonds is 7. The predicted molar refractivity (Wildman–Crippen MR) is 111 cm³/mol. The molecule has 1 saturated heterocycles. The van der Waals surface area contributed by atoms with E-state index in [1.807, 2.05) is 55.5 Å². The maximum atomic E-state index is 12.9. The lowest BCUT2D eigenvalue weighted by Gasteiger charge is -2.25. The van der Waals surface area contributed by atoms with Gasteiger partial charge in [0.1, 0.15) is 0 Å². The van der Waals surface area contributed by atoms with Crippen molar-refractivity contribution >= 4 is 17.8 Å². The number of ether oxygens (including phenoxy) is 1. The van der Waals surface area contributed by atoms with E-state index < -0.39 is 18.0 Å². The molecule has 0 bridgehead atoms. The molecule has 3 atom stereocenters. The molecule has 1 N–H and O–H groups in total. The van der Waals surface area contributed by atoms with Crippen molar-refractivity contribution in [2.75, 3.05) is 6.54 Å². The Hall–Kier alpha value is -3.15. The monoisotopic (exact) mass is 406 g/mol. The molecule has 6 nitrogen and oxygen atoms in total. The summed E-state index contributed by atoms with van der Waals surface area (Å²) in [4.78, 5) is 39.9. The van der Waals surface area contributed by atoms with Gasteiger partial charge in [-0.05, 0) is 25.3 Å². The number of amides is 2. The highest BCUT2D eigenvalue weighted by Crippen LogP contribution is 2.31. The van der Waals surface area contributed by atoms with Gasteiger partial charge in [0, 0.05) is 24.6 Å². The van der Waals surface area contributed by atoms with Crippen molar-refractivity contribution in [3.8, 4) is 0 Å². The molecule has 156 valence electrons. The first kappa shape index (κ1) is 20.1. The van der Waals surface area contributed by atoms with Crippen LogP contribution in [0.3, 0.4) is 0 Å². The Kier molecular flexibility index (Phi) is 5.84. The minimum absolute atomic E-state index is 0.0769. The third-order valence-electron chi connectivity index (χ3n) is 5.74. The number of hydrogen-bond acceptors (Lipinski definition) is 4. The van der Waals surface area contributed by atoms with E-state index in [-0.39, 0.29) is 30.3 Å². The fourth-order valence-corrected chi connectivity index (χ4v) is 3.79. The molecule has 2 amide bonds. The summed E-state index contributed by atoms with van der Waals surface area (Å²) in [6.07, 6.45) is 0.992. The SMILES string of the molecule is C[C@H](c1ccccc1)N1C[C@H](C(=O)O[C@H](C(=O)NC2CC2)c2ccccc2)CC1=O. The first-order chi connectivity index (χ1) is 14.5. The van der Waals surface area contributed by atoms with Crippen LogP contribution < -0.4 is 5.32 Å². The van der Waals surface area contributed by atoms with Gasteiger partial charge in [-0.25, -0.2) is 0 Å². The summed E-state index contributed by atoms with van der Waals surface area (Å²) >= 11 is 0. The van der Waals surface area contributed by atoms with Crippen LogP contribution in [0.2, 0.25) is 0 Å². The van der Waals surface area contributed by atoms with Gasteiger partial charge in [0.2, 0.25) is 12.0 Å². The molecular weight excluding hydrogens is 380 g/mol. The highest BCUT2D eigenvalue weighted by atomic mass is 16.5. The van der Waals surface area contributed by atoms with E-state index in [1.165, 1.54) is 0 Å².